The molecule has 1 amide bonds. The van der Waals surface area contributed by atoms with E-state index in [2.05, 4.69) is 9.88 Å². The number of carbonyl (C=O) groups excluding carboxylic acids is 1. The largest absolute Gasteiger partial charge is 0.368 e. The molecule has 0 aliphatic carbocycles. The SMILES string of the molecule is O=C(C1CCCN(S(=O)(=O)c2ccc3ccccc3c2)C1)N1CCN(c2ccncc2)CC1. The Morgan fingerprint density at radius 1 is 0.879 bits per heavy atom. The van der Waals surface area contributed by atoms with Crippen LogP contribution in [0.3, 0.4) is 0 Å². The summed E-state index contributed by atoms with van der Waals surface area (Å²) in [6.07, 6.45) is 4.98. The third-order valence-electron chi connectivity index (χ3n) is 6.71. The molecule has 1 atom stereocenters. The van der Waals surface area contributed by atoms with Gasteiger partial charge in [-0.15, -0.1) is 0 Å². The van der Waals surface area contributed by atoms with Gasteiger partial charge in [-0.05, 0) is 47.9 Å². The smallest absolute Gasteiger partial charge is 0.243 e. The number of amides is 1. The predicted molar refractivity (Wildman–Crippen MR) is 128 cm³/mol. The molecule has 2 aliphatic heterocycles. The fourth-order valence-electron chi connectivity index (χ4n) is 4.84. The first-order chi connectivity index (χ1) is 16.0. The Balaban J connectivity index is 1.26. The molecule has 7 nitrogen and oxygen atoms in total. The summed E-state index contributed by atoms with van der Waals surface area (Å²) in [7, 11) is -3.65. The van der Waals surface area contributed by atoms with Crippen LogP contribution in [0.1, 0.15) is 12.8 Å². The number of carbonyl (C=O) groups is 1. The molecule has 2 fully saturated rings. The van der Waals surface area contributed by atoms with Crippen molar-refractivity contribution < 1.29 is 13.2 Å². The number of sulfonamides is 1. The van der Waals surface area contributed by atoms with Crippen LogP contribution in [0, 0.1) is 5.92 Å². The molecule has 0 saturated carbocycles. The van der Waals surface area contributed by atoms with Crippen LogP contribution in [0.2, 0.25) is 0 Å². The molecule has 2 aliphatic rings. The molecule has 3 heterocycles. The Hall–Kier alpha value is -2.97. The topological polar surface area (TPSA) is 73.8 Å². The van der Waals surface area contributed by atoms with E-state index >= 15 is 0 Å². The second-order valence-corrected chi connectivity index (χ2v) is 10.7. The Labute approximate surface area is 194 Å². The highest BCUT2D eigenvalue weighted by molar-refractivity contribution is 7.89. The van der Waals surface area contributed by atoms with Gasteiger partial charge in [0.1, 0.15) is 0 Å². The second-order valence-electron chi connectivity index (χ2n) is 8.73. The van der Waals surface area contributed by atoms with E-state index < -0.39 is 10.0 Å². The number of fused-ring (bicyclic) bond motifs is 1. The molecule has 0 bridgehead atoms. The summed E-state index contributed by atoms with van der Waals surface area (Å²) in [6, 6.07) is 16.9. The van der Waals surface area contributed by atoms with E-state index in [-0.39, 0.29) is 18.4 Å². The lowest BCUT2D eigenvalue weighted by molar-refractivity contribution is -0.137. The van der Waals surface area contributed by atoms with E-state index in [1.807, 2.05) is 47.4 Å². The lowest BCUT2D eigenvalue weighted by Gasteiger charge is -2.39. The molecule has 0 spiro atoms. The lowest BCUT2D eigenvalue weighted by Crippen LogP contribution is -2.53. The molecule has 33 heavy (non-hydrogen) atoms. The number of nitrogens with zero attached hydrogens (tertiary/aromatic N) is 4. The van der Waals surface area contributed by atoms with E-state index in [9.17, 15) is 13.2 Å². The zero-order valence-corrected chi connectivity index (χ0v) is 19.3. The highest BCUT2D eigenvalue weighted by Crippen LogP contribution is 2.27. The van der Waals surface area contributed by atoms with Gasteiger partial charge in [0.25, 0.3) is 0 Å². The third kappa shape index (κ3) is 4.45. The fraction of sp³-hybridized carbons (Fsp3) is 0.360. The molecular formula is C25H28N4O3S. The normalized spacial score (nSPS) is 20.2. The Morgan fingerprint density at radius 3 is 2.36 bits per heavy atom. The van der Waals surface area contributed by atoms with Crippen molar-refractivity contribution >= 4 is 32.4 Å². The third-order valence-corrected chi connectivity index (χ3v) is 8.57. The van der Waals surface area contributed by atoms with Crippen LogP contribution in [0.25, 0.3) is 10.8 Å². The van der Waals surface area contributed by atoms with Gasteiger partial charge in [-0.25, -0.2) is 8.42 Å². The van der Waals surface area contributed by atoms with Gasteiger partial charge in [0.2, 0.25) is 15.9 Å². The number of aromatic nitrogens is 1. The van der Waals surface area contributed by atoms with Gasteiger partial charge in [-0.3, -0.25) is 9.78 Å². The Bertz CT molecular complexity index is 1240. The van der Waals surface area contributed by atoms with Crippen molar-refractivity contribution in [3.63, 3.8) is 0 Å². The van der Waals surface area contributed by atoms with E-state index in [0.29, 0.717) is 31.0 Å². The first-order valence-electron chi connectivity index (χ1n) is 11.4. The summed E-state index contributed by atoms with van der Waals surface area (Å²) in [5, 5.41) is 1.91. The average Bonchev–Trinajstić information content (AvgIpc) is 2.88. The van der Waals surface area contributed by atoms with Crippen molar-refractivity contribution in [2.24, 2.45) is 5.92 Å². The first kappa shape index (κ1) is 21.9. The van der Waals surface area contributed by atoms with Crippen LogP contribution in [0.5, 0.6) is 0 Å². The van der Waals surface area contributed by atoms with Crippen molar-refractivity contribution in [3.8, 4) is 0 Å². The highest BCUT2D eigenvalue weighted by atomic mass is 32.2. The highest BCUT2D eigenvalue weighted by Gasteiger charge is 2.36. The van der Waals surface area contributed by atoms with Crippen LogP contribution in [-0.2, 0) is 14.8 Å². The number of pyridine rings is 1. The average molecular weight is 465 g/mol. The number of hydrogen-bond acceptors (Lipinski definition) is 5. The van der Waals surface area contributed by atoms with Crippen LogP contribution in [0.4, 0.5) is 5.69 Å². The molecule has 0 radical (unpaired) electrons. The molecule has 0 N–H and O–H groups in total. The van der Waals surface area contributed by atoms with E-state index in [1.54, 1.807) is 24.5 Å². The summed E-state index contributed by atoms with van der Waals surface area (Å²) >= 11 is 0. The van der Waals surface area contributed by atoms with E-state index in [0.717, 1.165) is 36.0 Å². The van der Waals surface area contributed by atoms with Crippen molar-refractivity contribution in [1.29, 1.82) is 0 Å². The second kappa shape index (κ2) is 9.11. The van der Waals surface area contributed by atoms with Crippen LogP contribution in [0.15, 0.2) is 71.9 Å². The number of benzene rings is 2. The van der Waals surface area contributed by atoms with Gasteiger partial charge >= 0.3 is 0 Å². The minimum atomic E-state index is -3.65. The fourth-order valence-corrected chi connectivity index (χ4v) is 6.40. The maximum Gasteiger partial charge on any atom is 0.243 e. The van der Waals surface area contributed by atoms with Crippen LogP contribution >= 0.6 is 0 Å². The van der Waals surface area contributed by atoms with Crippen molar-refractivity contribution in [1.82, 2.24) is 14.2 Å². The molecule has 2 aromatic carbocycles. The molecule has 8 heteroatoms. The minimum absolute atomic E-state index is 0.0720. The number of piperazine rings is 1. The molecule has 3 aromatic rings. The van der Waals surface area contributed by atoms with Crippen LogP contribution < -0.4 is 4.90 Å². The number of rotatable bonds is 4. The molecule has 5 rings (SSSR count). The van der Waals surface area contributed by atoms with E-state index in [1.165, 1.54) is 4.31 Å². The van der Waals surface area contributed by atoms with Crippen molar-refractivity contribution in [3.05, 3.63) is 67.0 Å². The zero-order valence-electron chi connectivity index (χ0n) is 18.5. The summed E-state index contributed by atoms with van der Waals surface area (Å²) in [5.74, 6) is -0.218. The van der Waals surface area contributed by atoms with E-state index in [4.69, 9.17) is 0 Å². The Morgan fingerprint density at radius 2 is 1.61 bits per heavy atom. The first-order valence-corrected chi connectivity index (χ1v) is 12.9. The molecular weight excluding hydrogens is 436 g/mol. The number of piperidine rings is 1. The maximum atomic E-state index is 13.4. The number of anilines is 1. The van der Waals surface area contributed by atoms with Gasteiger partial charge in [0.15, 0.2) is 0 Å². The monoisotopic (exact) mass is 464 g/mol. The summed E-state index contributed by atoms with van der Waals surface area (Å²) in [4.78, 5) is 21.8. The van der Waals surface area contributed by atoms with Gasteiger partial charge in [0.05, 0.1) is 10.8 Å². The molecule has 1 aromatic heterocycles. The van der Waals surface area contributed by atoms with Crippen LogP contribution in [-0.4, -0.2) is 67.8 Å². The standard InChI is InChI=1S/C25H28N4O3S/c30-25(28-16-14-27(15-17-28)23-9-11-26-12-10-23)22-6-3-13-29(19-22)33(31,32)24-8-7-20-4-1-2-5-21(20)18-24/h1-2,4-5,7-12,18,22H,3,6,13-17,19H2. The van der Waals surface area contributed by atoms with Crippen molar-refractivity contribution in [2.75, 3.05) is 44.2 Å². The van der Waals surface area contributed by atoms with Gasteiger partial charge in [0, 0.05) is 57.3 Å². The zero-order chi connectivity index (χ0) is 22.8. The predicted octanol–water partition coefficient (Wildman–Crippen LogP) is 2.98. The van der Waals surface area contributed by atoms with Crippen molar-refractivity contribution in [2.45, 2.75) is 17.7 Å². The maximum absolute atomic E-state index is 13.4. The lowest BCUT2D eigenvalue weighted by atomic mass is 9.97. The summed E-state index contributed by atoms with van der Waals surface area (Å²) in [6.45, 7) is 3.53. The summed E-state index contributed by atoms with van der Waals surface area (Å²) < 4.78 is 28.2. The quantitative estimate of drug-likeness (QED) is 0.594. The molecule has 1 unspecified atom stereocenters. The van der Waals surface area contributed by atoms with Gasteiger partial charge < -0.3 is 9.80 Å². The van der Waals surface area contributed by atoms with Gasteiger partial charge in [-0.2, -0.15) is 4.31 Å². The molecule has 2 saturated heterocycles. The Kier molecular flexibility index (Phi) is 6.03. The number of hydrogen-bond donors (Lipinski definition) is 0. The molecule has 172 valence electrons. The minimum Gasteiger partial charge on any atom is -0.368 e. The van der Waals surface area contributed by atoms with Gasteiger partial charge in [-0.1, -0.05) is 30.3 Å². The summed E-state index contributed by atoms with van der Waals surface area (Å²) in [5.41, 5.74) is 1.11.